The van der Waals surface area contributed by atoms with Crippen LogP contribution in [0.3, 0.4) is 0 Å². The Morgan fingerprint density at radius 3 is 2.84 bits per heavy atom. The van der Waals surface area contributed by atoms with Gasteiger partial charge in [0.15, 0.2) is 0 Å². The standard InChI is InChI=1S/C17H22O2/c1-13(7-8-14-5-3-2-4-6-14)16-11-15(18)9-10-17(16)12-19-17/h2-7,15-16,18H,8-12H2,1H3. The van der Waals surface area contributed by atoms with Crippen molar-refractivity contribution in [2.24, 2.45) is 5.92 Å². The summed E-state index contributed by atoms with van der Waals surface area (Å²) in [4.78, 5) is 0. The fraction of sp³-hybridized carbons (Fsp3) is 0.529. The zero-order valence-electron chi connectivity index (χ0n) is 11.5. The summed E-state index contributed by atoms with van der Waals surface area (Å²) in [5, 5.41) is 9.89. The third-order valence-corrected chi connectivity index (χ3v) is 4.61. The van der Waals surface area contributed by atoms with Crippen LogP contribution in [0.25, 0.3) is 0 Å². The molecule has 2 fully saturated rings. The fourth-order valence-electron chi connectivity index (χ4n) is 3.26. The zero-order valence-corrected chi connectivity index (χ0v) is 11.5. The van der Waals surface area contributed by atoms with E-state index in [9.17, 15) is 5.11 Å². The number of ether oxygens (including phenoxy) is 1. The summed E-state index contributed by atoms with van der Waals surface area (Å²) in [7, 11) is 0. The Bertz CT molecular complexity index is 459. The molecule has 2 aliphatic rings. The molecule has 1 heterocycles. The van der Waals surface area contributed by atoms with Gasteiger partial charge in [0.25, 0.3) is 0 Å². The second-order valence-corrected chi connectivity index (χ2v) is 5.97. The van der Waals surface area contributed by atoms with Gasteiger partial charge in [0.1, 0.15) is 0 Å². The van der Waals surface area contributed by atoms with Crippen LogP contribution in [0.15, 0.2) is 42.0 Å². The Morgan fingerprint density at radius 1 is 1.42 bits per heavy atom. The van der Waals surface area contributed by atoms with E-state index < -0.39 is 0 Å². The number of hydrogen-bond donors (Lipinski definition) is 1. The van der Waals surface area contributed by atoms with Gasteiger partial charge in [-0.3, -0.25) is 0 Å². The lowest BCUT2D eigenvalue weighted by molar-refractivity contribution is 0.0615. The van der Waals surface area contributed by atoms with Crippen LogP contribution in [-0.2, 0) is 11.2 Å². The number of allylic oxidation sites excluding steroid dienone is 1. The summed E-state index contributed by atoms with van der Waals surface area (Å²) in [6.45, 7) is 3.07. The number of aliphatic hydroxyl groups excluding tert-OH is 1. The van der Waals surface area contributed by atoms with Crippen molar-refractivity contribution in [1.29, 1.82) is 0 Å². The smallest absolute Gasteiger partial charge is 0.0983 e. The molecular weight excluding hydrogens is 236 g/mol. The highest BCUT2D eigenvalue weighted by atomic mass is 16.6. The lowest BCUT2D eigenvalue weighted by atomic mass is 9.74. The third-order valence-electron chi connectivity index (χ3n) is 4.61. The first kappa shape index (κ1) is 12.9. The minimum Gasteiger partial charge on any atom is -0.393 e. The van der Waals surface area contributed by atoms with Crippen molar-refractivity contribution >= 4 is 0 Å². The highest BCUT2D eigenvalue weighted by molar-refractivity contribution is 5.22. The number of benzene rings is 1. The van der Waals surface area contributed by atoms with Crippen LogP contribution in [0.5, 0.6) is 0 Å². The first-order valence-electron chi connectivity index (χ1n) is 7.22. The lowest BCUT2D eigenvalue weighted by Gasteiger charge is -2.32. The van der Waals surface area contributed by atoms with Gasteiger partial charge >= 0.3 is 0 Å². The van der Waals surface area contributed by atoms with Crippen molar-refractivity contribution in [2.75, 3.05) is 6.61 Å². The average molecular weight is 258 g/mol. The third kappa shape index (κ3) is 2.75. The molecule has 0 aromatic heterocycles. The van der Waals surface area contributed by atoms with Crippen molar-refractivity contribution < 1.29 is 9.84 Å². The molecule has 1 aromatic carbocycles. The first-order valence-corrected chi connectivity index (χ1v) is 7.22. The largest absolute Gasteiger partial charge is 0.393 e. The molecule has 102 valence electrons. The van der Waals surface area contributed by atoms with Crippen LogP contribution in [0.2, 0.25) is 0 Å². The minimum absolute atomic E-state index is 0.0660. The van der Waals surface area contributed by atoms with E-state index in [0.717, 1.165) is 32.3 Å². The Morgan fingerprint density at radius 2 is 2.16 bits per heavy atom. The molecule has 3 unspecified atom stereocenters. The van der Waals surface area contributed by atoms with E-state index in [1.165, 1.54) is 11.1 Å². The highest BCUT2D eigenvalue weighted by Gasteiger charge is 2.54. The van der Waals surface area contributed by atoms with Crippen LogP contribution >= 0.6 is 0 Å². The molecule has 2 nitrogen and oxygen atoms in total. The molecule has 2 heteroatoms. The second kappa shape index (κ2) is 5.10. The van der Waals surface area contributed by atoms with Gasteiger partial charge in [-0.25, -0.2) is 0 Å². The SMILES string of the molecule is CC(=CCc1ccccc1)C1CC(O)CCC12CO2. The van der Waals surface area contributed by atoms with Crippen molar-refractivity contribution in [2.45, 2.75) is 44.3 Å². The lowest BCUT2D eigenvalue weighted by Crippen LogP contribution is -2.35. The van der Waals surface area contributed by atoms with Gasteiger partial charge in [-0.05, 0) is 38.2 Å². The van der Waals surface area contributed by atoms with Gasteiger partial charge in [0.2, 0.25) is 0 Å². The van der Waals surface area contributed by atoms with Gasteiger partial charge in [-0.15, -0.1) is 0 Å². The molecule has 1 aliphatic heterocycles. The summed E-state index contributed by atoms with van der Waals surface area (Å²) >= 11 is 0. The molecule has 3 rings (SSSR count). The van der Waals surface area contributed by atoms with Crippen molar-refractivity contribution in [1.82, 2.24) is 0 Å². The maximum absolute atomic E-state index is 9.89. The number of rotatable bonds is 3. The Kier molecular flexibility index (Phi) is 3.46. The zero-order chi connectivity index (χ0) is 13.3. The fourth-order valence-corrected chi connectivity index (χ4v) is 3.26. The molecule has 1 saturated carbocycles. The van der Waals surface area contributed by atoms with Gasteiger partial charge in [-0.1, -0.05) is 42.0 Å². The number of aliphatic hydroxyl groups is 1. The van der Waals surface area contributed by atoms with Crippen molar-refractivity contribution in [3.05, 3.63) is 47.5 Å². The van der Waals surface area contributed by atoms with Crippen molar-refractivity contribution in [3.63, 3.8) is 0 Å². The molecule has 1 aromatic rings. The van der Waals surface area contributed by atoms with Crippen LogP contribution in [-0.4, -0.2) is 23.4 Å². The van der Waals surface area contributed by atoms with Gasteiger partial charge in [0, 0.05) is 5.92 Å². The Labute approximate surface area is 115 Å². The summed E-state index contributed by atoms with van der Waals surface area (Å²) < 4.78 is 5.72. The monoisotopic (exact) mass is 258 g/mol. The second-order valence-electron chi connectivity index (χ2n) is 5.97. The molecule has 1 N–H and O–H groups in total. The molecule has 1 aliphatic carbocycles. The quantitative estimate of drug-likeness (QED) is 0.667. The highest BCUT2D eigenvalue weighted by Crippen LogP contribution is 2.49. The van der Waals surface area contributed by atoms with Gasteiger partial charge in [-0.2, -0.15) is 0 Å². The van der Waals surface area contributed by atoms with E-state index in [-0.39, 0.29) is 11.7 Å². The summed E-state index contributed by atoms with van der Waals surface area (Å²) in [6, 6.07) is 10.5. The number of epoxide rings is 1. The molecular formula is C17H22O2. The van der Waals surface area contributed by atoms with E-state index in [0.29, 0.717) is 5.92 Å². The Hall–Kier alpha value is -1.12. The topological polar surface area (TPSA) is 32.8 Å². The van der Waals surface area contributed by atoms with E-state index in [1.54, 1.807) is 0 Å². The van der Waals surface area contributed by atoms with E-state index in [4.69, 9.17) is 4.74 Å². The molecule has 3 atom stereocenters. The van der Waals surface area contributed by atoms with Crippen LogP contribution in [0.1, 0.15) is 31.7 Å². The number of hydrogen-bond acceptors (Lipinski definition) is 2. The first-order chi connectivity index (χ1) is 9.20. The summed E-state index contributed by atoms with van der Waals surface area (Å²) in [5.41, 5.74) is 2.78. The van der Waals surface area contributed by atoms with Crippen LogP contribution < -0.4 is 0 Å². The predicted octanol–water partition coefficient (Wildman–Crippen LogP) is 3.11. The minimum atomic E-state index is -0.153. The molecule has 1 saturated heterocycles. The molecule has 0 bridgehead atoms. The van der Waals surface area contributed by atoms with E-state index in [2.05, 4.69) is 37.3 Å². The van der Waals surface area contributed by atoms with Gasteiger partial charge in [0.05, 0.1) is 18.3 Å². The maximum atomic E-state index is 9.89. The molecule has 0 amide bonds. The normalized spacial score (nSPS) is 34.5. The summed E-state index contributed by atoms with van der Waals surface area (Å²) in [5.74, 6) is 0.403. The molecule has 1 spiro atoms. The van der Waals surface area contributed by atoms with E-state index >= 15 is 0 Å². The average Bonchev–Trinajstić information content (AvgIpc) is 3.21. The van der Waals surface area contributed by atoms with Crippen LogP contribution in [0, 0.1) is 5.92 Å². The molecule has 0 radical (unpaired) electrons. The predicted molar refractivity (Wildman–Crippen MR) is 75.9 cm³/mol. The van der Waals surface area contributed by atoms with Gasteiger partial charge < -0.3 is 9.84 Å². The van der Waals surface area contributed by atoms with E-state index in [1.807, 2.05) is 6.07 Å². The maximum Gasteiger partial charge on any atom is 0.0983 e. The van der Waals surface area contributed by atoms with Crippen molar-refractivity contribution in [3.8, 4) is 0 Å². The molecule has 19 heavy (non-hydrogen) atoms. The summed E-state index contributed by atoms with van der Waals surface area (Å²) in [6.07, 6.45) is 5.88. The Balaban J connectivity index is 1.70. The van der Waals surface area contributed by atoms with Crippen LogP contribution in [0.4, 0.5) is 0 Å².